The van der Waals surface area contributed by atoms with E-state index in [0.29, 0.717) is 0 Å². The lowest BCUT2D eigenvalue weighted by Gasteiger charge is -2.18. The molecule has 4 aromatic carbocycles. The average Bonchev–Trinajstić information content (AvgIpc) is 3.60. The average molecular weight is 471 g/mol. The molecule has 0 amide bonds. The zero-order chi connectivity index (χ0) is 23.3. The van der Waals surface area contributed by atoms with Gasteiger partial charge in [-0.1, -0.05) is 36.4 Å². The van der Waals surface area contributed by atoms with Crippen LogP contribution >= 0.6 is 11.3 Å². The number of aromatic nitrogens is 4. The van der Waals surface area contributed by atoms with Gasteiger partial charge in [-0.15, -0.1) is 11.3 Å². The van der Waals surface area contributed by atoms with Crippen molar-refractivity contribution in [1.82, 2.24) is 19.9 Å². The van der Waals surface area contributed by atoms with E-state index in [1.54, 1.807) is 11.3 Å². The van der Waals surface area contributed by atoms with Crippen molar-refractivity contribution in [3.63, 3.8) is 0 Å². The lowest BCUT2D eigenvalue weighted by molar-refractivity contribution is 0.912. The third-order valence-electron chi connectivity index (χ3n) is 7.52. The van der Waals surface area contributed by atoms with E-state index in [1.807, 2.05) is 13.8 Å². The summed E-state index contributed by atoms with van der Waals surface area (Å²) in [5.41, 5.74) is 9.79. The lowest BCUT2D eigenvalue weighted by Crippen LogP contribution is -2.04. The molecule has 7 aromatic rings. The maximum Gasteiger partial charge on any atom is 0.104 e. The molecule has 0 atom stereocenters. The van der Waals surface area contributed by atoms with E-state index in [-0.39, 0.29) is 0 Å². The van der Waals surface area contributed by atoms with E-state index in [9.17, 15) is 0 Å². The second-order valence-corrected chi connectivity index (χ2v) is 10.6. The molecule has 0 fully saturated rings. The van der Waals surface area contributed by atoms with Gasteiger partial charge >= 0.3 is 0 Å². The van der Waals surface area contributed by atoms with Crippen LogP contribution in [0.1, 0.15) is 22.9 Å². The SMILES string of the molecule is Cc1nc2c([nH]1)CCc1c-2ccc2cc(-c3ccc4c(c3)c3sccc3c3nc(C)[nH]c43)ccc12. The highest BCUT2D eigenvalue weighted by atomic mass is 32.1. The van der Waals surface area contributed by atoms with E-state index in [1.165, 1.54) is 59.6 Å². The van der Waals surface area contributed by atoms with E-state index in [0.717, 1.165) is 41.2 Å². The molecule has 5 heteroatoms. The third kappa shape index (κ3) is 2.67. The lowest BCUT2D eigenvalue weighted by atomic mass is 9.87. The van der Waals surface area contributed by atoms with Crippen LogP contribution in [0.4, 0.5) is 0 Å². The summed E-state index contributed by atoms with van der Waals surface area (Å²) >= 11 is 1.80. The van der Waals surface area contributed by atoms with E-state index in [2.05, 4.69) is 69.9 Å². The molecule has 168 valence electrons. The number of H-pyrrole nitrogens is 2. The number of hydrogen-bond donors (Lipinski definition) is 2. The van der Waals surface area contributed by atoms with Crippen molar-refractivity contribution in [1.29, 1.82) is 0 Å². The van der Waals surface area contributed by atoms with Gasteiger partial charge in [0, 0.05) is 32.1 Å². The molecular formula is C30H22N4S. The van der Waals surface area contributed by atoms with E-state index >= 15 is 0 Å². The minimum Gasteiger partial charge on any atom is -0.346 e. The van der Waals surface area contributed by atoms with E-state index < -0.39 is 0 Å². The van der Waals surface area contributed by atoms with Gasteiger partial charge in [-0.3, -0.25) is 0 Å². The van der Waals surface area contributed by atoms with Crippen LogP contribution in [0.2, 0.25) is 0 Å². The fourth-order valence-electron chi connectivity index (χ4n) is 5.97. The first-order valence-corrected chi connectivity index (χ1v) is 12.9. The Morgan fingerprint density at radius 1 is 0.743 bits per heavy atom. The molecule has 1 aliphatic rings. The van der Waals surface area contributed by atoms with Gasteiger partial charge in [0.2, 0.25) is 0 Å². The van der Waals surface area contributed by atoms with Gasteiger partial charge in [-0.2, -0.15) is 0 Å². The van der Waals surface area contributed by atoms with Gasteiger partial charge in [0.15, 0.2) is 0 Å². The first-order valence-electron chi connectivity index (χ1n) is 12.1. The van der Waals surface area contributed by atoms with Gasteiger partial charge in [0.1, 0.15) is 11.6 Å². The Labute approximate surface area is 205 Å². The molecule has 0 saturated carbocycles. The fourth-order valence-corrected chi connectivity index (χ4v) is 6.90. The molecule has 0 unspecified atom stereocenters. The van der Waals surface area contributed by atoms with Gasteiger partial charge in [0.25, 0.3) is 0 Å². The van der Waals surface area contributed by atoms with Crippen molar-refractivity contribution in [3.05, 3.63) is 82.9 Å². The second kappa shape index (κ2) is 6.80. The molecule has 35 heavy (non-hydrogen) atoms. The molecular weight excluding hydrogens is 448 g/mol. The summed E-state index contributed by atoms with van der Waals surface area (Å²) < 4.78 is 1.31. The Hall–Kier alpha value is -3.96. The molecule has 2 N–H and O–H groups in total. The molecule has 8 rings (SSSR count). The summed E-state index contributed by atoms with van der Waals surface area (Å²) in [5, 5.41) is 8.56. The van der Waals surface area contributed by atoms with Crippen LogP contribution in [0.25, 0.3) is 65.0 Å². The smallest absolute Gasteiger partial charge is 0.104 e. The molecule has 0 radical (unpaired) electrons. The molecule has 0 aliphatic heterocycles. The van der Waals surface area contributed by atoms with E-state index in [4.69, 9.17) is 9.97 Å². The summed E-state index contributed by atoms with van der Waals surface area (Å²) in [4.78, 5) is 16.5. The second-order valence-electron chi connectivity index (χ2n) is 9.65. The summed E-state index contributed by atoms with van der Waals surface area (Å²) in [5.74, 6) is 1.95. The van der Waals surface area contributed by atoms with Crippen molar-refractivity contribution in [2.45, 2.75) is 26.7 Å². The number of rotatable bonds is 1. The van der Waals surface area contributed by atoms with Gasteiger partial charge in [-0.05, 0) is 77.7 Å². The monoisotopic (exact) mass is 470 g/mol. The molecule has 0 spiro atoms. The number of aromatic amines is 2. The number of nitrogens with one attached hydrogen (secondary N) is 2. The van der Waals surface area contributed by atoms with Crippen molar-refractivity contribution in [2.24, 2.45) is 0 Å². The molecule has 0 bridgehead atoms. The largest absolute Gasteiger partial charge is 0.346 e. The molecule has 0 saturated heterocycles. The van der Waals surface area contributed by atoms with Crippen LogP contribution in [0.3, 0.4) is 0 Å². The van der Waals surface area contributed by atoms with Crippen LogP contribution in [-0.4, -0.2) is 19.9 Å². The predicted octanol–water partition coefficient (Wildman–Crippen LogP) is 7.86. The number of imidazole rings is 2. The molecule has 3 heterocycles. The van der Waals surface area contributed by atoms with Gasteiger partial charge in [-0.25, -0.2) is 9.97 Å². The van der Waals surface area contributed by atoms with Crippen LogP contribution in [0, 0.1) is 13.8 Å². The van der Waals surface area contributed by atoms with Crippen LogP contribution in [-0.2, 0) is 12.8 Å². The number of benzene rings is 4. The van der Waals surface area contributed by atoms with Crippen LogP contribution in [0.15, 0.2) is 60.0 Å². The minimum absolute atomic E-state index is 0.957. The fraction of sp³-hybridized carbons (Fsp3) is 0.133. The van der Waals surface area contributed by atoms with Crippen LogP contribution in [0.5, 0.6) is 0 Å². The quantitative estimate of drug-likeness (QED) is 0.257. The Morgan fingerprint density at radius 3 is 2.49 bits per heavy atom. The zero-order valence-corrected chi connectivity index (χ0v) is 20.3. The standard InChI is InChI=1S/C30H22N4S/c1-15-31-26-10-9-21-20-6-3-17(13-19(20)5-8-22(21)27(26)32-15)18-4-7-23-25(14-18)30-24(11-12-35-30)29-28(23)33-16(2)34-29/h3-8,11-14H,9-10H2,1-2H3,(H,31,32)(H,33,34). The van der Waals surface area contributed by atoms with Crippen LogP contribution < -0.4 is 0 Å². The number of hydrogen-bond acceptors (Lipinski definition) is 3. The Morgan fingerprint density at radius 2 is 1.57 bits per heavy atom. The minimum atomic E-state index is 0.957. The molecule has 1 aliphatic carbocycles. The van der Waals surface area contributed by atoms with Crippen molar-refractivity contribution in [2.75, 3.05) is 0 Å². The topological polar surface area (TPSA) is 57.4 Å². The highest BCUT2D eigenvalue weighted by Crippen LogP contribution is 2.40. The van der Waals surface area contributed by atoms with Gasteiger partial charge in [0.05, 0.1) is 16.7 Å². The number of nitrogens with zero attached hydrogens (tertiary/aromatic N) is 2. The zero-order valence-electron chi connectivity index (χ0n) is 19.5. The molecule has 3 aromatic heterocycles. The summed E-state index contributed by atoms with van der Waals surface area (Å²) in [6.07, 6.45) is 2.07. The Kier molecular flexibility index (Phi) is 3.76. The van der Waals surface area contributed by atoms with Crippen molar-refractivity contribution in [3.8, 4) is 22.4 Å². The summed E-state index contributed by atoms with van der Waals surface area (Å²) in [6.45, 7) is 4.07. The third-order valence-corrected chi connectivity index (χ3v) is 8.47. The predicted molar refractivity (Wildman–Crippen MR) is 146 cm³/mol. The normalized spacial score (nSPS) is 13.2. The number of thiophene rings is 1. The van der Waals surface area contributed by atoms with Crippen molar-refractivity contribution < 1.29 is 0 Å². The number of fused-ring (bicyclic) bond motifs is 11. The maximum atomic E-state index is 4.78. The maximum absolute atomic E-state index is 4.78. The highest BCUT2D eigenvalue weighted by Gasteiger charge is 2.21. The first kappa shape index (κ1) is 19.4. The highest BCUT2D eigenvalue weighted by molar-refractivity contribution is 7.18. The van der Waals surface area contributed by atoms with Crippen molar-refractivity contribution >= 4 is 54.0 Å². The Balaban J connectivity index is 1.32. The summed E-state index contributed by atoms with van der Waals surface area (Å²) in [7, 11) is 0. The Bertz CT molecular complexity index is 1990. The first-order chi connectivity index (χ1) is 17.1. The van der Waals surface area contributed by atoms with Gasteiger partial charge < -0.3 is 9.97 Å². The number of aryl methyl sites for hydroxylation is 4. The summed E-state index contributed by atoms with van der Waals surface area (Å²) in [6, 6.07) is 20.5. The molecule has 4 nitrogen and oxygen atoms in total.